The van der Waals surface area contributed by atoms with Gasteiger partial charge in [0.1, 0.15) is 12.4 Å². The zero-order valence-corrected chi connectivity index (χ0v) is 12.5. The molecule has 0 atom stereocenters. The molecule has 0 bridgehead atoms. The molecule has 0 spiro atoms. The van der Waals surface area contributed by atoms with E-state index in [-0.39, 0.29) is 0 Å². The molecule has 0 aliphatic carbocycles. The molecule has 2 rings (SSSR count). The Kier molecular flexibility index (Phi) is 5.18. The fraction of sp³-hybridized carbons (Fsp3) is 0.438. The molecule has 1 aromatic carbocycles. The zero-order chi connectivity index (χ0) is 14.4. The highest BCUT2D eigenvalue weighted by Gasteiger charge is 2.07. The van der Waals surface area contributed by atoms with Gasteiger partial charge < -0.3 is 10.1 Å². The van der Waals surface area contributed by atoms with E-state index in [9.17, 15) is 0 Å². The standard InChI is InChI=1S/C16H23N3O/c1-13(2)17-12-15-7-4-6-14(3)16(15)20-11-10-19-9-5-8-18-19/h4-9,13,17H,10-12H2,1-3H3. The third-order valence-corrected chi connectivity index (χ3v) is 3.12. The summed E-state index contributed by atoms with van der Waals surface area (Å²) in [6, 6.07) is 8.67. The van der Waals surface area contributed by atoms with E-state index in [0.717, 1.165) is 18.8 Å². The van der Waals surface area contributed by atoms with Gasteiger partial charge in [-0.3, -0.25) is 4.68 Å². The van der Waals surface area contributed by atoms with Crippen LogP contribution in [0.15, 0.2) is 36.7 Å². The van der Waals surface area contributed by atoms with Gasteiger partial charge >= 0.3 is 0 Å². The highest BCUT2D eigenvalue weighted by Crippen LogP contribution is 2.23. The van der Waals surface area contributed by atoms with E-state index in [4.69, 9.17) is 4.74 Å². The number of aromatic nitrogens is 2. The molecule has 0 unspecified atom stereocenters. The van der Waals surface area contributed by atoms with Crippen molar-refractivity contribution in [3.8, 4) is 5.75 Å². The summed E-state index contributed by atoms with van der Waals surface area (Å²) >= 11 is 0. The zero-order valence-electron chi connectivity index (χ0n) is 12.5. The van der Waals surface area contributed by atoms with Crippen LogP contribution in [0.1, 0.15) is 25.0 Å². The van der Waals surface area contributed by atoms with Gasteiger partial charge in [0.05, 0.1) is 6.54 Å². The van der Waals surface area contributed by atoms with Crippen molar-refractivity contribution in [1.29, 1.82) is 0 Å². The van der Waals surface area contributed by atoms with E-state index in [1.165, 1.54) is 11.1 Å². The molecule has 20 heavy (non-hydrogen) atoms. The second-order valence-electron chi connectivity index (χ2n) is 5.22. The minimum atomic E-state index is 0.465. The molecule has 0 fully saturated rings. The van der Waals surface area contributed by atoms with Gasteiger partial charge in [0.15, 0.2) is 0 Å². The van der Waals surface area contributed by atoms with Gasteiger partial charge in [0, 0.05) is 30.5 Å². The first-order valence-electron chi connectivity index (χ1n) is 7.09. The van der Waals surface area contributed by atoms with Crippen molar-refractivity contribution in [3.63, 3.8) is 0 Å². The minimum Gasteiger partial charge on any atom is -0.491 e. The molecule has 0 radical (unpaired) electrons. The van der Waals surface area contributed by atoms with Crippen LogP contribution in [0.3, 0.4) is 0 Å². The number of benzene rings is 1. The number of para-hydroxylation sites is 1. The predicted molar refractivity (Wildman–Crippen MR) is 80.9 cm³/mol. The Morgan fingerprint density at radius 3 is 2.85 bits per heavy atom. The summed E-state index contributed by atoms with van der Waals surface area (Å²) in [5.41, 5.74) is 2.38. The summed E-state index contributed by atoms with van der Waals surface area (Å²) in [6.45, 7) is 8.60. The fourth-order valence-electron chi connectivity index (χ4n) is 2.05. The van der Waals surface area contributed by atoms with E-state index in [1.54, 1.807) is 6.20 Å². The summed E-state index contributed by atoms with van der Waals surface area (Å²) in [6.07, 6.45) is 3.73. The molecule has 4 heteroatoms. The van der Waals surface area contributed by atoms with Gasteiger partial charge in [-0.1, -0.05) is 32.0 Å². The molecular weight excluding hydrogens is 250 g/mol. The molecule has 108 valence electrons. The maximum atomic E-state index is 5.97. The van der Waals surface area contributed by atoms with Crippen LogP contribution >= 0.6 is 0 Å². The van der Waals surface area contributed by atoms with E-state index in [0.29, 0.717) is 12.6 Å². The van der Waals surface area contributed by atoms with Crippen molar-refractivity contribution in [2.45, 2.75) is 39.9 Å². The van der Waals surface area contributed by atoms with Crippen molar-refractivity contribution in [2.24, 2.45) is 0 Å². The number of hydrogen-bond donors (Lipinski definition) is 1. The normalized spacial score (nSPS) is 11.0. The van der Waals surface area contributed by atoms with Crippen LogP contribution in [0.2, 0.25) is 0 Å². The Morgan fingerprint density at radius 2 is 2.15 bits per heavy atom. The lowest BCUT2D eigenvalue weighted by molar-refractivity contribution is 0.286. The van der Waals surface area contributed by atoms with Gasteiger partial charge in [-0.25, -0.2) is 0 Å². The Balaban J connectivity index is 1.97. The van der Waals surface area contributed by atoms with E-state index in [2.05, 4.69) is 49.4 Å². The summed E-state index contributed by atoms with van der Waals surface area (Å²) in [4.78, 5) is 0. The molecule has 0 saturated heterocycles. The van der Waals surface area contributed by atoms with Gasteiger partial charge in [0.2, 0.25) is 0 Å². The van der Waals surface area contributed by atoms with Crippen molar-refractivity contribution < 1.29 is 4.74 Å². The van der Waals surface area contributed by atoms with E-state index < -0.39 is 0 Å². The molecule has 0 aliphatic heterocycles. The van der Waals surface area contributed by atoms with Crippen LogP contribution in [0, 0.1) is 6.92 Å². The number of nitrogens with zero attached hydrogens (tertiary/aromatic N) is 2. The van der Waals surface area contributed by atoms with Crippen LogP contribution < -0.4 is 10.1 Å². The van der Waals surface area contributed by atoms with Gasteiger partial charge in [-0.15, -0.1) is 0 Å². The Hall–Kier alpha value is -1.81. The van der Waals surface area contributed by atoms with Crippen molar-refractivity contribution in [2.75, 3.05) is 6.61 Å². The number of aryl methyl sites for hydroxylation is 1. The summed E-state index contributed by atoms with van der Waals surface area (Å²) in [5, 5.41) is 7.61. The summed E-state index contributed by atoms with van der Waals surface area (Å²) in [7, 11) is 0. The first kappa shape index (κ1) is 14.6. The third kappa shape index (κ3) is 4.10. The maximum Gasteiger partial charge on any atom is 0.126 e. The van der Waals surface area contributed by atoms with Crippen LogP contribution in [0.25, 0.3) is 0 Å². The molecule has 1 aromatic heterocycles. The lowest BCUT2D eigenvalue weighted by Crippen LogP contribution is -2.22. The highest BCUT2D eigenvalue weighted by atomic mass is 16.5. The smallest absolute Gasteiger partial charge is 0.126 e. The largest absolute Gasteiger partial charge is 0.491 e. The number of nitrogens with one attached hydrogen (secondary N) is 1. The van der Waals surface area contributed by atoms with Crippen molar-refractivity contribution >= 4 is 0 Å². The second-order valence-corrected chi connectivity index (χ2v) is 5.22. The topological polar surface area (TPSA) is 39.1 Å². The minimum absolute atomic E-state index is 0.465. The highest BCUT2D eigenvalue weighted by molar-refractivity contribution is 5.40. The Morgan fingerprint density at radius 1 is 1.30 bits per heavy atom. The number of ether oxygens (including phenoxy) is 1. The molecule has 1 heterocycles. The number of hydrogen-bond acceptors (Lipinski definition) is 3. The molecule has 0 saturated carbocycles. The summed E-state index contributed by atoms with van der Waals surface area (Å²) < 4.78 is 7.85. The molecular formula is C16H23N3O. The van der Waals surface area contributed by atoms with Crippen molar-refractivity contribution in [3.05, 3.63) is 47.8 Å². The molecule has 0 amide bonds. The SMILES string of the molecule is Cc1cccc(CNC(C)C)c1OCCn1cccn1. The quantitative estimate of drug-likeness (QED) is 0.843. The van der Waals surface area contributed by atoms with Gasteiger partial charge in [-0.05, 0) is 18.6 Å². The first-order chi connectivity index (χ1) is 9.66. The van der Waals surface area contributed by atoms with Crippen LogP contribution in [-0.2, 0) is 13.1 Å². The van der Waals surface area contributed by atoms with Crippen LogP contribution in [0.4, 0.5) is 0 Å². The number of rotatable bonds is 7. The maximum absolute atomic E-state index is 5.97. The van der Waals surface area contributed by atoms with Crippen molar-refractivity contribution in [1.82, 2.24) is 15.1 Å². The average molecular weight is 273 g/mol. The molecule has 0 aliphatic rings. The molecule has 4 nitrogen and oxygen atoms in total. The van der Waals surface area contributed by atoms with Crippen LogP contribution in [-0.4, -0.2) is 22.4 Å². The van der Waals surface area contributed by atoms with Gasteiger partial charge in [0.25, 0.3) is 0 Å². The Bertz CT molecular complexity index is 521. The van der Waals surface area contributed by atoms with E-state index in [1.807, 2.05) is 16.9 Å². The lowest BCUT2D eigenvalue weighted by atomic mass is 10.1. The summed E-state index contributed by atoms with van der Waals surface area (Å²) in [5.74, 6) is 0.993. The van der Waals surface area contributed by atoms with Gasteiger partial charge in [-0.2, -0.15) is 5.10 Å². The average Bonchev–Trinajstić information content (AvgIpc) is 2.92. The fourth-order valence-corrected chi connectivity index (χ4v) is 2.05. The predicted octanol–water partition coefficient (Wildman–Crippen LogP) is 2.77. The Labute approximate surface area is 120 Å². The van der Waals surface area contributed by atoms with Crippen LogP contribution in [0.5, 0.6) is 5.75 Å². The molecule has 1 N–H and O–H groups in total. The lowest BCUT2D eigenvalue weighted by Gasteiger charge is -2.16. The first-order valence-corrected chi connectivity index (χ1v) is 7.09. The molecule has 2 aromatic rings. The van der Waals surface area contributed by atoms with E-state index >= 15 is 0 Å². The second kappa shape index (κ2) is 7.10. The monoisotopic (exact) mass is 273 g/mol. The third-order valence-electron chi connectivity index (χ3n) is 3.12.